The minimum Gasteiger partial charge on any atom is -0.354 e. The molecule has 2 aromatic heterocycles. The van der Waals surface area contributed by atoms with Crippen molar-refractivity contribution in [1.29, 1.82) is 0 Å². The highest BCUT2D eigenvalue weighted by Gasteiger charge is 2.17. The SMILES string of the molecule is C/C=C(/c1cc(C)c(N=C(C)C)c(F)c1)c1cnc(Nc2ccnc(N3CCN(C)CC3)c2)nc1C. The van der Waals surface area contributed by atoms with Crippen LogP contribution < -0.4 is 10.2 Å². The van der Waals surface area contributed by atoms with Crippen LogP contribution in [0, 0.1) is 19.7 Å². The maximum atomic E-state index is 14.9. The van der Waals surface area contributed by atoms with Gasteiger partial charge in [-0.1, -0.05) is 6.08 Å². The number of nitrogens with zero attached hydrogens (tertiary/aromatic N) is 6. The second-order valence-corrected chi connectivity index (χ2v) is 9.40. The number of rotatable bonds is 6. The number of halogens is 1. The maximum absolute atomic E-state index is 14.9. The molecule has 0 amide bonds. The lowest BCUT2D eigenvalue weighted by atomic mass is 9.95. The van der Waals surface area contributed by atoms with Crippen molar-refractivity contribution >= 4 is 34.4 Å². The molecule has 0 bridgehead atoms. The molecule has 0 aliphatic carbocycles. The highest BCUT2D eigenvalue weighted by Crippen LogP contribution is 2.32. The van der Waals surface area contributed by atoms with Crippen LogP contribution in [0.5, 0.6) is 0 Å². The number of benzene rings is 1. The Morgan fingerprint density at radius 1 is 1.08 bits per heavy atom. The highest BCUT2D eigenvalue weighted by molar-refractivity contribution is 5.84. The van der Waals surface area contributed by atoms with Crippen molar-refractivity contribution in [3.8, 4) is 0 Å². The fourth-order valence-corrected chi connectivity index (χ4v) is 4.36. The minimum absolute atomic E-state index is 0.337. The smallest absolute Gasteiger partial charge is 0.227 e. The van der Waals surface area contributed by atoms with E-state index in [0.717, 1.165) is 71.4 Å². The van der Waals surface area contributed by atoms with Crippen molar-refractivity contribution in [2.75, 3.05) is 43.4 Å². The molecule has 3 heterocycles. The summed E-state index contributed by atoms with van der Waals surface area (Å²) in [7, 11) is 2.14. The largest absolute Gasteiger partial charge is 0.354 e. The van der Waals surface area contributed by atoms with E-state index in [1.807, 2.05) is 58.9 Å². The second kappa shape index (κ2) is 11.0. The van der Waals surface area contributed by atoms with Gasteiger partial charge in [0.05, 0.1) is 5.69 Å². The molecule has 8 heteroatoms. The van der Waals surface area contributed by atoms with Crippen molar-refractivity contribution < 1.29 is 4.39 Å². The van der Waals surface area contributed by atoms with Crippen molar-refractivity contribution in [1.82, 2.24) is 19.9 Å². The predicted octanol–water partition coefficient (Wildman–Crippen LogP) is 5.69. The van der Waals surface area contributed by atoms with Gasteiger partial charge < -0.3 is 15.1 Å². The van der Waals surface area contributed by atoms with E-state index in [9.17, 15) is 4.39 Å². The average molecular weight is 488 g/mol. The van der Waals surface area contributed by atoms with Gasteiger partial charge in [-0.05, 0) is 76.6 Å². The molecule has 1 aliphatic heterocycles. The molecule has 0 radical (unpaired) electrons. The first-order valence-electron chi connectivity index (χ1n) is 12.2. The molecular formula is C28H34FN7. The quantitative estimate of drug-likeness (QED) is 0.451. The van der Waals surface area contributed by atoms with E-state index < -0.39 is 0 Å². The van der Waals surface area contributed by atoms with Crippen LogP contribution in [0.2, 0.25) is 0 Å². The number of nitrogens with one attached hydrogen (secondary N) is 1. The topological polar surface area (TPSA) is 69.5 Å². The zero-order valence-electron chi connectivity index (χ0n) is 21.9. The van der Waals surface area contributed by atoms with Crippen LogP contribution in [-0.2, 0) is 0 Å². The molecule has 0 spiro atoms. The van der Waals surface area contributed by atoms with Gasteiger partial charge in [-0.15, -0.1) is 0 Å². The summed E-state index contributed by atoms with van der Waals surface area (Å²) < 4.78 is 14.9. The molecule has 0 atom stereocenters. The van der Waals surface area contributed by atoms with E-state index in [2.05, 4.69) is 37.1 Å². The summed E-state index contributed by atoms with van der Waals surface area (Å²) >= 11 is 0. The summed E-state index contributed by atoms with van der Waals surface area (Å²) in [6.07, 6.45) is 5.56. The summed E-state index contributed by atoms with van der Waals surface area (Å²) in [4.78, 5) is 22.8. The van der Waals surface area contributed by atoms with E-state index in [-0.39, 0.29) is 5.82 Å². The van der Waals surface area contributed by atoms with Crippen LogP contribution in [0.1, 0.15) is 43.2 Å². The van der Waals surface area contributed by atoms with Gasteiger partial charge in [-0.3, -0.25) is 4.99 Å². The third kappa shape index (κ3) is 5.76. The zero-order valence-corrected chi connectivity index (χ0v) is 21.9. The monoisotopic (exact) mass is 487 g/mol. The number of aromatic nitrogens is 3. The number of allylic oxidation sites excluding steroid dienone is 1. The first kappa shape index (κ1) is 25.4. The Labute approximate surface area is 212 Å². The summed E-state index contributed by atoms with van der Waals surface area (Å²) in [5.41, 5.74) is 6.19. The fourth-order valence-electron chi connectivity index (χ4n) is 4.36. The fraction of sp³-hybridized carbons (Fsp3) is 0.357. The van der Waals surface area contributed by atoms with E-state index >= 15 is 0 Å². The van der Waals surface area contributed by atoms with Gasteiger partial charge in [0.2, 0.25) is 5.95 Å². The Kier molecular flexibility index (Phi) is 7.74. The van der Waals surface area contributed by atoms with Gasteiger partial charge in [-0.2, -0.15) is 0 Å². The van der Waals surface area contributed by atoms with Crippen molar-refractivity contribution in [2.45, 2.75) is 34.6 Å². The van der Waals surface area contributed by atoms with Gasteiger partial charge in [0.15, 0.2) is 0 Å². The average Bonchev–Trinajstić information content (AvgIpc) is 2.84. The van der Waals surface area contributed by atoms with Crippen LogP contribution >= 0.6 is 0 Å². The van der Waals surface area contributed by atoms with Gasteiger partial charge in [0, 0.05) is 61.6 Å². The molecule has 4 rings (SSSR count). The molecule has 36 heavy (non-hydrogen) atoms. The van der Waals surface area contributed by atoms with Gasteiger partial charge >= 0.3 is 0 Å². The Morgan fingerprint density at radius 2 is 1.83 bits per heavy atom. The van der Waals surface area contributed by atoms with E-state index in [1.54, 1.807) is 12.4 Å². The van der Waals surface area contributed by atoms with Crippen molar-refractivity contribution in [3.05, 3.63) is 70.9 Å². The number of pyridine rings is 1. The van der Waals surface area contributed by atoms with Crippen LogP contribution in [0.3, 0.4) is 0 Å². The molecule has 3 aromatic rings. The van der Waals surface area contributed by atoms with Crippen LogP contribution in [0.15, 0.2) is 47.7 Å². The molecule has 1 aliphatic rings. The Hall–Kier alpha value is -3.65. The molecule has 1 saturated heterocycles. The number of hydrogen-bond acceptors (Lipinski definition) is 7. The van der Waals surface area contributed by atoms with Gasteiger partial charge in [0.1, 0.15) is 17.3 Å². The first-order valence-corrected chi connectivity index (χ1v) is 12.2. The summed E-state index contributed by atoms with van der Waals surface area (Å²) in [5, 5.41) is 3.31. The van der Waals surface area contributed by atoms with Crippen LogP contribution in [-0.4, -0.2) is 58.8 Å². The summed E-state index contributed by atoms with van der Waals surface area (Å²) in [6.45, 7) is 13.4. The number of anilines is 3. The number of likely N-dealkylation sites (N-methyl/N-ethyl adjacent to an activating group) is 1. The van der Waals surface area contributed by atoms with Gasteiger partial charge in [0.25, 0.3) is 0 Å². The number of aryl methyl sites for hydroxylation is 2. The number of piperazine rings is 1. The normalized spacial score (nSPS) is 14.6. The third-order valence-corrected chi connectivity index (χ3v) is 6.29. The van der Waals surface area contributed by atoms with Crippen molar-refractivity contribution in [3.63, 3.8) is 0 Å². The highest BCUT2D eigenvalue weighted by atomic mass is 19.1. The van der Waals surface area contributed by atoms with Gasteiger partial charge in [-0.25, -0.2) is 19.3 Å². The predicted molar refractivity (Wildman–Crippen MR) is 146 cm³/mol. The lowest BCUT2D eigenvalue weighted by Crippen LogP contribution is -2.44. The molecule has 7 nitrogen and oxygen atoms in total. The molecular weight excluding hydrogens is 453 g/mol. The molecule has 1 fully saturated rings. The van der Waals surface area contributed by atoms with E-state index in [1.165, 1.54) is 6.07 Å². The van der Waals surface area contributed by atoms with Crippen LogP contribution in [0.25, 0.3) is 5.57 Å². The standard InChI is InChI=1S/C28H34FN7/c1-7-23(21-14-19(4)27(25(29)15-21)32-18(2)3)24-17-31-28(33-20(24)5)34-22-8-9-30-26(16-22)36-12-10-35(6)11-13-36/h7-9,14-17H,10-13H2,1-6H3,(H,30,31,33,34)/b23-7-. The Bertz CT molecular complexity index is 1280. The molecule has 1 aromatic carbocycles. The molecule has 1 N–H and O–H groups in total. The minimum atomic E-state index is -0.337. The first-order chi connectivity index (χ1) is 17.2. The zero-order chi connectivity index (χ0) is 25.8. The molecule has 188 valence electrons. The lowest BCUT2D eigenvalue weighted by Gasteiger charge is -2.33. The van der Waals surface area contributed by atoms with Crippen molar-refractivity contribution in [2.24, 2.45) is 4.99 Å². The number of hydrogen-bond donors (Lipinski definition) is 1. The van der Waals surface area contributed by atoms with Crippen LogP contribution in [0.4, 0.5) is 27.5 Å². The maximum Gasteiger partial charge on any atom is 0.227 e. The third-order valence-electron chi connectivity index (χ3n) is 6.29. The second-order valence-electron chi connectivity index (χ2n) is 9.40. The lowest BCUT2D eigenvalue weighted by molar-refractivity contribution is 0.312. The summed E-state index contributed by atoms with van der Waals surface area (Å²) in [6, 6.07) is 7.44. The Morgan fingerprint density at radius 3 is 2.47 bits per heavy atom. The summed E-state index contributed by atoms with van der Waals surface area (Å²) in [5.74, 6) is 1.12. The van der Waals surface area contributed by atoms with E-state index in [0.29, 0.717) is 11.6 Å². The molecule has 0 saturated carbocycles. The molecule has 0 unspecified atom stereocenters. The Balaban J connectivity index is 1.56. The van der Waals surface area contributed by atoms with E-state index in [4.69, 9.17) is 4.98 Å². The number of aliphatic imine (C=N–C) groups is 1.